The van der Waals surface area contributed by atoms with Crippen LogP contribution in [0.5, 0.6) is 0 Å². The van der Waals surface area contributed by atoms with Crippen LogP contribution in [-0.2, 0) is 23.8 Å². The average molecular weight is 548 g/mol. The minimum absolute atomic E-state index is 0. The smallest absolute Gasteiger partial charge is 0.413 e. The maximum Gasteiger partial charge on any atom is 0.413 e. The summed E-state index contributed by atoms with van der Waals surface area (Å²) in [5, 5.41) is 8.36. The molecule has 1 N–H and O–H groups in total. The lowest BCUT2D eigenvalue weighted by molar-refractivity contribution is -0.145. The zero-order chi connectivity index (χ0) is 22.3. The number of hydrogen-bond donors (Lipinski definition) is 1. The van der Waals surface area contributed by atoms with Crippen molar-refractivity contribution >= 4 is 18.0 Å². The first-order valence-corrected chi connectivity index (χ1v) is 9.67. The van der Waals surface area contributed by atoms with E-state index < -0.39 is 18.3 Å². The number of rotatable bonds is 7. The molecule has 236 valence electrons. The SMILES string of the molecule is C.C.C.C.C.C.C.C.C.C=CC(=O)OC1CN1C(=O)OC(C)CC.CCC(C)O.CCC(C)OC(C)=O. The lowest BCUT2D eigenvalue weighted by Crippen LogP contribution is -2.22. The molecule has 1 fully saturated rings. The number of aliphatic hydroxyl groups is 1. The largest absolute Gasteiger partial charge is 0.463 e. The second-order valence-corrected chi connectivity index (χ2v) is 6.44. The summed E-state index contributed by atoms with van der Waals surface area (Å²) in [6.45, 7) is 16.4. The Morgan fingerprint density at radius 1 is 0.838 bits per heavy atom. The lowest BCUT2D eigenvalue weighted by Gasteiger charge is -2.11. The molecule has 0 aromatic carbocycles. The molecule has 0 radical (unpaired) electrons. The fourth-order valence-corrected chi connectivity index (χ4v) is 1.29. The summed E-state index contributed by atoms with van der Waals surface area (Å²) in [4.78, 5) is 33.7. The van der Waals surface area contributed by atoms with Crippen molar-refractivity contribution in [2.75, 3.05) is 6.54 Å². The van der Waals surface area contributed by atoms with E-state index in [1.54, 1.807) is 6.92 Å². The van der Waals surface area contributed by atoms with E-state index in [9.17, 15) is 14.4 Å². The van der Waals surface area contributed by atoms with Crippen LogP contribution in [0, 0.1) is 0 Å². The Kier molecular flexibility index (Phi) is 77.9. The molecular formula is C29H73NO7. The van der Waals surface area contributed by atoms with E-state index in [4.69, 9.17) is 19.3 Å². The highest BCUT2D eigenvalue weighted by Crippen LogP contribution is 2.21. The number of carbonyl (C=O) groups excluding carboxylic acids is 3. The summed E-state index contributed by atoms with van der Waals surface area (Å²) in [5.41, 5.74) is 0. The van der Waals surface area contributed by atoms with Gasteiger partial charge in [0.2, 0.25) is 0 Å². The Balaban J connectivity index is -0.0000000303. The molecule has 8 heteroatoms. The quantitative estimate of drug-likeness (QED) is 0.147. The van der Waals surface area contributed by atoms with Crippen LogP contribution >= 0.6 is 0 Å². The summed E-state index contributed by atoms with van der Waals surface area (Å²) in [6.07, 6.45) is 2.50. The second kappa shape index (κ2) is 41.1. The van der Waals surface area contributed by atoms with E-state index in [0.29, 0.717) is 6.54 Å². The van der Waals surface area contributed by atoms with Gasteiger partial charge in [-0.05, 0) is 40.0 Å². The molecule has 0 aliphatic carbocycles. The lowest BCUT2D eigenvalue weighted by atomic mass is 10.3. The van der Waals surface area contributed by atoms with Crippen LogP contribution in [0.15, 0.2) is 12.7 Å². The topological polar surface area (TPSA) is 102 Å². The van der Waals surface area contributed by atoms with Crippen molar-refractivity contribution in [2.24, 2.45) is 0 Å². The third-order valence-corrected chi connectivity index (χ3v) is 3.63. The Bertz CT molecular complexity index is 483. The standard InChI is InChI=1S/C10H15NO4.C6H12O2.C4H10O.9CH4/c1-4-7(3)14-10(13)11-6-8(11)15-9(12)5-2;1-4-5(2)8-6(3)7;1-3-4(2)5;;;;;;;;;/h5,7-8H,2,4,6H2,1,3H3;5H,4H2,1-3H3;4-5H,3H2,1-2H3;9*1H4. The van der Waals surface area contributed by atoms with Crippen molar-refractivity contribution in [3.05, 3.63) is 12.7 Å². The molecule has 4 unspecified atom stereocenters. The van der Waals surface area contributed by atoms with E-state index in [1.807, 2.05) is 34.6 Å². The number of aliphatic hydroxyl groups excluding tert-OH is 1. The molecule has 0 spiro atoms. The van der Waals surface area contributed by atoms with Crippen molar-refractivity contribution in [2.45, 2.75) is 159 Å². The number of amides is 1. The fraction of sp³-hybridized carbons (Fsp3) is 0.828. The van der Waals surface area contributed by atoms with E-state index in [1.165, 1.54) is 11.8 Å². The van der Waals surface area contributed by atoms with Gasteiger partial charge in [0.25, 0.3) is 0 Å². The summed E-state index contributed by atoms with van der Waals surface area (Å²) in [6, 6.07) is 0. The molecule has 0 aromatic heterocycles. The van der Waals surface area contributed by atoms with Crippen molar-refractivity contribution < 1.29 is 33.7 Å². The molecule has 4 atom stereocenters. The molecule has 0 saturated carbocycles. The Hall–Kier alpha value is -2.09. The summed E-state index contributed by atoms with van der Waals surface area (Å²) >= 11 is 0. The molecule has 1 saturated heterocycles. The van der Waals surface area contributed by atoms with E-state index in [-0.39, 0.29) is 91.1 Å². The number of ether oxygens (including phenoxy) is 3. The summed E-state index contributed by atoms with van der Waals surface area (Å²) in [5.74, 6) is -0.724. The fourth-order valence-electron chi connectivity index (χ4n) is 1.29. The summed E-state index contributed by atoms with van der Waals surface area (Å²) < 4.78 is 14.6. The van der Waals surface area contributed by atoms with E-state index in [2.05, 4.69) is 6.58 Å². The van der Waals surface area contributed by atoms with Gasteiger partial charge in [-0.3, -0.25) is 9.69 Å². The number of nitrogens with zero attached hydrogens (tertiary/aromatic N) is 1. The second-order valence-electron chi connectivity index (χ2n) is 6.44. The van der Waals surface area contributed by atoms with Crippen LogP contribution in [0.2, 0.25) is 0 Å². The van der Waals surface area contributed by atoms with Crippen molar-refractivity contribution in [1.82, 2.24) is 4.90 Å². The van der Waals surface area contributed by atoms with Gasteiger partial charge in [-0.25, -0.2) is 9.59 Å². The zero-order valence-corrected chi connectivity index (χ0v) is 18.3. The first-order valence-electron chi connectivity index (χ1n) is 9.67. The van der Waals surface area contributed by atoms with Gasteiger partial charge in [0.05, 0.1) is 18.8 Å². The normalized spacial score (nSPS) is 13.1. The predicted octanol–water partition coefficient (Wildman–Crippen LogP) is 9.14. The Labute approximate surface area is 235 Å². The van der Waals surface area contributed by atoms with Gasteiger partial charge >= 0.3 is 18.0 Å². The van der Waals surface area contributed by atoms with Gasteiger partial charge in [-0.15, -0.1) is 0 Å². The zero-order valence-electron chi connectivity index (χ0n) is 18.3. The van der Waals surface area contributed by atoms with Crippen LogP contribution < -0.4 is 0 Å². The van der Waals surface area contributed by atoms with Crippen LogP contribution in [0.4, 0.5) is 4.79 Å². The minimum atomic E-state index is -0.529. The van der Waals surface area contributed by atoms with Crippen LogP contribution in [-0.4, -0.2) is 59.1 Å². The highest BCUT2D eigenvalue weighted by atomic mass is 16.6. The van der Waals surface area contributed by atoms with Crippen LogP contribution in [0.1, 0.15) is 135 Å². The van der Waals surface area contributed by atoms with Crippen LogP contribution in [0.3, 0.4) is 0 Å². The van der Waals surface area contributed by atoms with Crippen molar-refractivity contribution in [3.63, 3.8) is 0 Å². The first kappa shape index (κ1) is 70.2. The number of hydrogen-bond acceptors (Lipinski definition) is 7. The summed E-state index contributed by atoms with van der Waals surface area (Å²) in [7, 11) is 0. The molecule has 0 bridgehead atoms. The third kappa shape index (κ3) is 44.3. The minimum Gasteiger partial charge on any atom is -0.463 e. The van der Waals surface area contributed by atoms with Crippen molar-refractivity contribution in [3.8, 4) is 0 Å². The Morgan fingerprint density at radius 3 is 1.43 bits per heavy atom. The number of carbonyl (C=O) groups is 3. The predicted molar refractivity (Wildman–Crippen MR) is 167 cm³/mol. The molecular weight excluding hydrogens is 474 g/mol. The van der Waals surface area contributed by atoms with Crippen molar-refractivity contribution in [1.29, 1.82) is 0 Å². The van der Waals surface area contributed by atoms with Gasteiger partial charge in [0, 0.05) is 13.0 Å². The highest BCUT2D eigenvalue weighted by molar-refractivity contribution is 5.82. The first-order chi connectivity index (χ1) is 13.0. The van der Waals surface area contributed by atoms with Gasteiger partial charge in [-0.2, -0.15) is 0 Å². The van der Waals surface area contributed by atoms with E-state index >= 15 is 0 Å². The molecule has 1 aliphatic heterocycles. The molecule has 1 amide bonds. The third-order valence-electron chi connectivity index (χ3n) is 3.63. The molecule has 37 heavy (non-hydrogen) atoms. The number of esters is 2. The molecule has 8 nitrogen and oxygen atoms in total. The van der Waals surface area contributed by atoms with Crippen LogP contribution in [0.25, 0.3) is 0 Å². The van der Waals surface area contributed by atoms with Gasteiger partial charge in [0.1, 0.15) is 6.10 Å². The average Bonchev–Trinajstić information content (AvgIpc) is 3.40. The Morgan fingerprint density at radius 2 is 1.19 bits per heavy atom. The maximum absolute atomic E-state index is 11.3. The molecule has 1 rings (SSSR count). The van der Waals surface area contributed by atoms with Gasteiger partial charge in [-0.1, -0.05) is 94.2 Å². The monoisotopic (exact) mass is 548 g/mol. The molecule has 0 aromatic rings. The van der Waals surface area contributed by atoms with E-state index in [0.717, 1.165) is 25.3 Å². The van der Waals surface area contributed by atoms with Gasteiger partial charge < -0.3 is 19.3 Å². The molecule has 1 heterocycles. The molecule has 1 aliphatic rings. The highest BCUT2D eigenvalue weighted by Gasteiger charge is 2.43. The maximum atomic E-state index is 11.3. The van der Waals surface area contributed by atoms with Gasteiger partial charge in [0.15, 0.2) is 6.23 Å².